The van der Waals surface area contributed by atoms with Gasteiger partial charge in [0.05, 0.1) is 37.3 Å². The van der Waals surface area contributed by atoms with Crippen LogP contribution in [0.2, 0.25) is 25.1 Å². The van der Waals surface area contributed by atoms with Gasteiger partial charge in [-0.15, -0.1) is 0 Å². The van der Waals surface area contributed by atoms with E-state index >= 15 is 0 Å². The lowest BCUT2D eigenvalue weighted by atomic mass is 9.86. The zero-order valence-corrected chi connectivity index (χ0v) is 22.4. The molecule has 0 aromatic heterocycles. The molecule has 12 heteroatoms. The smallest absolute Gasteiger partial charge is 0.264 e. The number of ether oxygens (including phenoxy) is 2. The first-order valence-corrected chi connectivity index (χ1v) is 12.7. The molecule has 0 spiro atoms. The van der Waals surface area contributed by atoms with Crippen LogP contribution in [0.3, 0.4) is 0 Å². The first kappa shape index (κ1) is 24.6. The monoisotopic (exact) mass is 596 g/mol. The highest BCUT2D eigenvalue weighted by Crippen LogP contribution is 2.50. The van der Waals surface area contributed by atoms with Crippen LogP contribution in [0.1, 0.15) is 37.9 Å². The van der Waals surface area contributed by atoms with Crippen molar-refractivity contribution in [3.8, 4) is 11.5 Å². The van der Waals surface area contributed by atoms with Crippen molar-refractivity contribution in [1.82, 2.24) is 4.90 Å². The lowest BCUT2D eigenvalue weighted by molar-refractivity contribution is -0.130. The maximum atomic E-state index is 13.7. The molecule has 0 N–H and O–H groups in total. The number of benzene rings is 3. The third kappa shape index (κ3) is 3.45. The molecule has 3 heterocycles. The van der Waals surface area contributed by atoms with Crippen molar-refractivity contribution >= 4 is 81.4 Å². The van der Waals surface area contributed by atoms with Crippen LogP contribution < -0.4 is 14.4 Å². The third-order valence-corrected chi connectivity index (χ3v) is 8.86. The summed E-state index contributed by atoms with van der Waals surface area (Å²) in [6.07, 6.45) is 0. The maximum Gasteiger partial charge on any atom is 0.264 e. The van der Waals surface area contributed by atoms with Crippen molar-refractivity contribution in [3.63, 3.8) is 0 Å². The standard InChI is InChI=1S/C25H13Cl5N2O5/c1-9-2-4-11(7-12(9)26)31-21(10-3-5-13-14(6-10)37-8-36-13)22(25(31)35)32-23(33)15-16(24(32)34)18(28)20(30)19(29)17(15)27/h2-7,21-22H,8H2,1H3/t21-,22-/m1/s1. The number of carbonyl (C=O) groups excluding carboxylic acids is 3. The molecule has 3 amide bonds. The number of amides is 3. The average molecular weight is 599 g/mol. The van der Waals surface area contributed by atoms with Crippen molar-refractivity contribution in [2.75, 3.05) is 11.7 Å². The molecule has 3 aromatic rings. The normalized spacial score (nSPS) is 20.0. The third-order valence-electron chi connectivity index (χ3n) is 6.65. The van der Waals surface area contributed by atoms with E-state index < -0.39 is 29.8 Å². The summed E-state index contributed by atoms with van der Waals surface area (Å²) in [6.45, 7) is 1.89. The van der Waals surface area contributed by atoms with Crippen molar-refractivity contribution in [2.24, 2.45) is 0 Å². The van der Waals surface area contributed by atoms with Gasteiger partial charge in [0.25, 0.3) is 17.7 Å². The molecule has 0 radical (unpaired) electrons. The summed E-state index contributed by atoms with van der Waals surface area (Å²) >= 11 is 31.2. The number of hydrogen-bond acceptors (Lipinski definition) is 5. The first-order chi connectivity index (χ1) is 17.6. The minimum atomic E-state index is -1.21. The minimum absolute atomic E-state index is 0.0556. The predicted octanol–water partition coefficient (Wildman–Crippen LogP) is 6.74. The Balaban J connectivity index is 1.48. The van der Waals surface area contributed by atoms with Gasteiger partial charge in [-0.3, -0.25) is 19.3 Å². The summed E-state index contributed by atoms with van der Waals surface area (Å²) in [5.41, 5.74) is 1.54. The highest BCUT2D eigenvalue weighted by atomic mass is 35.5. The summed E-state index contributed by atoms with van der Waals surface area (Å²) in [5.74, 6) is -1.07. The molecule has 0 unspecified atom stereocenters. The maximum absolute atomic E-state index is 13.7. The second kappa shape index (κ2) is 8.68. The molecule has 0 aliphatic carbocycles. The average Bonchev–Trinajstić information content (AvgIpc) is 3.44. The Morgan fingerprint density at radius 3 is 1.97 bits per heavy atom. The Hall–Kier alpha value is -2.68. The van der Waals surface area contributed by atoms with Crippen molar-refractivity contribution in [2.45, 2.75) is 19.0 Å². The number of fused-ring (bicyclic) bond motifs is 2. The Morgan fingerprint density at radius 1 is 0.730 bits per heavy atom. The number of halogens is 5. The lowest BCUT2D eigenvalue weighted by Gasteiger charge is -2.49. The largest absolute Gasteiger partial charge is 0.454 e. The highest BCUT2D eigenvalue weighted by Gasteiger charge is 2.58. The molecule has 37 heavy (non-hydrogen) atoms. The number of nitrogens with zero attached hydrogens (tertiary/aromatic N) is 2. The summed E-state index contributed by atoms with van der Waals surface area (Å²) in [6, 6.07) is 8.34. The van der Waals surface area contributed by atoms with Crippen molar-refractivity contribution in [1.29, 1.82) is 0 Å². The van der Waals surface area contributed by atoms with Crippen LogP contribution in [0, 0.1) is 6.92 Å². The van der Waals surface area contributed by atoms with E-state index in [4.69, 9.17) is 67.5 Å². The quantitative estimate of drug-likeness (QED) is 0.144. The van der Waals surface area contributed by atoms with Crippen molar-refractivity contribution in [3.05, 3.63) is 83.8 Å². The van der Waals surface area contributed by atoms with E-state index in [0.717, 1.165) is 10.5 Å². The van der Waals surface area contributed by atoms with E-state index in [1.165, 1.54) is 4.90 Å². The molecule has 2 atom stereocenters. The van der Waals surface area contributed by atoms with Crippen LogP contribution in [0.5, 0.6) is 11.5 Å². The number of imide groups is 1. The van der Waals surface area contributed by atoms with Gasteiger partial charge in [0, 0.05) is 10.7 Å². The van der Waals surface area contributed by atoms with Crippen LogP contribution in [-0.4, -0.2) is 35.5 Å². The minimum Gasteiger partial charge on any atom is -0.454 e. The van der Waals surface area contributed by atoms with E-state index in [-0.39, 0.29) is 38.0 Å². The zero-order valence-electron chi connectivity index (χ0n) is 18.7. The van der Waals surface area contributed by atoms with Crippen molar-refractivity contribution < 1.29 is 23.9 Å². The van der Waals surface area contributed by atoms with Gasteiger partial charge in [-0.2, -0.15) is 0 Å². The lowest BCUT2D eigenvalue weighted by Crippen LogP contribution is -2.67. The molecule has 0 saturated carbocycles. The Labute approximate surface area is 235 Å². The van der Waals surface area contributed by atoms with Crippen LogP contribution in [0.15, 0.2) is 36.4 Å². The molecule has 3 aliphatic rings. The van der Waals surface area contributed by atoms with Crippen LogP contribution in [0.4, 0.5) is 5.69 Å². The first-order valence-electron chi connectivity index (χ1n) is 10.8. The number of carbonyl (C=O) groups is 3. The SMILES string of the molecule is Cc1ccc(N2C(=O)[C@H](N3C(=O)c4c(Cl)c(Cl)c(Cl)c(Cl)c4C3=O)[C@H]2c2ccc3c(c2)OCO3)cc1Cl. The van der Waals surface area contributed by atoms with E-state index in [1.54, 1.807) is 36.4 Å². The molecule has 188 valence electrons. The van der Waals surface area contributed by atoms with E-state index in [9.17, 15) is 14.4 Å². The molecule has 3 aliphatic heterocycles. The number of β-lactam (4-membered cyclic amide) rings is 1. The fourth-order valence-corrected chi connectivity index (χ4v) is 5.98. The Kier molecular flexibility index (Phi) is 5.78. The van der Waals surface area contributed by atoms with Gasteiger partial charge in [0.2, 0.25) is 6.79 Å². The van der Waals surface area contributed by atoms with Crippen LogP contribution >= 0.6 is 58.0 Å². The molecule has 0 bridgehead atoms. The summed E-state index contributed by atoms with van der Waals surface area (Å²) in [5, 5.41) is -0.265. The van der Waals surface area contributed by atoms with Gasteiger partial charge in [-0.25, -0.2) is 0 Å². The summed E-state index contributed by atoms with van der Waals surface area (Å²) < 4.78 is 10.9. The zero-order chi connectivity index (χ0) is 26.3. The number of anilines is 1. The van der Waals surface area contributed by atoms with Gasteiger partial charge in [-0.1, -0.05) is 70.1 Å². The number of aryl methyl sites for hydroxylation is 1. The molecule has 3 aromatic carbocycles. The number of rotatable bonds is 3. The van der Waals surface area contributed by atoms with Crippen LogP contribution in [-0.2, 0) is 4.79 Å². The molecule has 1 saturated heterocycles. The highest BCUT2D eigenvalue weighted by molar-refractivity contribution is 6.55. The molecule has 1 fully saturated rings. The molecular weight excluding hydrogens is 586 g/mol. The second-order valence-corrected chi connectivity index (χ2v) is 10.5. The van der Waals surface area contributed by atoms with Gasteiger partial charge in [0.1, 0.15) is 6.04 Å². The topological polar surface area (TPSA) is 76.2 Å². The Morgan fingerprint density at radius 2 is 1.35 bits per heavy atom. The Bertz CT molecular complexity index is 1530. The molecule has 6 rings (SSSR count). The van der Waals surface area contributed by atoms with Crippen LogP contribution in [0.25, 0.3) is 0 Å². The fraction of sp³-hybridized carbons (Fsp3) is 0.160. The number of hydrogen-bond donors (Lipinski definition) is 0. The van der Waals surface area contributed by atoms with Gasteiger partial charge < -0.3 is 14.4 Å². The molecular formula is C25H13Cl5N2O5. The summed E-state index contributed by atoms with van der Waals surface area (Å²) in [4.78, 5) is 43.1. The second-order valence-electron chi connectivity index (χ2n) is 8.63. The van der Waals surface area contributed by atoms with Gasteiger partial charge >= 0.3 is 0 Å². The fourth-order valence-electron chi connectivity index (χ4n) is 4.79. The van der Waals surface area contributed by atoms with Gasteiger partial charge in [0.15, 0.2) is 11.5 Å². The molecule has 7 nitrogen and oxygen atoms in total. The van der Waals surface area contributed by atoms with E-state index in [2.05, 4.69) is 0 Å². The van der Waals surface area contributed by atoms with E-state index in [1.807, 2.05) is 6.92 Å². The van der Waals surface area contributed by atoms with Gasteiger partial charge in [-0.05, 0) is 42.3 Å². The predicted molar refractivity (Wildman–Crippen MR) is 140 cm³/mol. The summed E-state index contributed by atoms with van der Waals surface area (Å²) in [7, 11) is 0. The van der Waals surface area contributed by atoms with E-state index in [0.29, 0.717) is 27.8 Å².